The molecule has 2 aliphatic heterocycles. The lowest BCUT2D eigenvalue weighted by Gasteiger charge is -2.59. The van der Waals surface area contributed by atoms with Gasteiger partial charge in [-0.2, -0.15) is 0 Å². The van der Waals surface area contributed by atoms with E-state index in [1.54, 1.807) is 0 Å². The average molecular weight is 312 g/mol. The van der Waals surface area contributed by atoms with Crippen LogP contribution >= 0.6 is 7.34 Å². The fraction of sp³-hybridized carbons (Fsp3) is 0.933. The Hall–Kier alpha value is 0.310. The van der Waals surface area contributed by atoms with Crippen molar-refractivity contribution in [3.8, 4) is 0 Å². The van der Waals surface area contributed by atoms with Gasteiger partial charge in [0.05, 0.1) is 13.3 Å². The summed E-state index contributed by atoms with van der Waals surface area (Å²) in [5.74, 6) is 0. The van der Waals surface area contributed by atoms with E-state index < -0.39 is 24.1 Å². The molecule has 0 N–H and O–H groups in total. The molecule has 0 aromatic carbocycles. The molecule has 6 heteroatoms. The van der Waals surface area contributed by atoms with E-state index >= 15 is 0 Å². The SMILES string of the molecule is BBC=P1(C)OC(C)(C)[C@@]2(C)OC(C)(C)C(C)(C)C2(C)O1. The second-order valence-corrected chi connectivity index (χ2v) is 11.0. The van der Waals surface area contributed by atoms with Crippen molar-refractivity contribution in [1.29, 1.82) is 0 Å². The molecule has 2 rings (SSSR count). The molecule has 0 aromatic heterocycles. The van der Waals surface area contributed by atoms with Crippen LogP contribution in [0.25, 0.3) is 0 Å². The minimum atomic E-state index is -2.00. The van der Waals surface area contributed by atoms with Gasteiger partial charge in [0.25, 0.3) is 0 Å². The molecule has 0 amide bonds. The summed E-state index contributed by atoms with van der Waals surface area (Å²) in [6, 6.07) is 0. The van der Waals surface area contributed by atoms with Gasteiger partial charge < -0.3 is 13.8 Å². The van der Waals surface area contributed by atoms with Gasteiger partial charge in [-0.3, -0.25) is 0 Å². The minimum absolute atomic E-state index is 0.126. The Labute approximate surface area is 132 Å². The molecule has 120 valence electrons. The largest absolute Gasteiger partial charge is 0.363 e. The molecular weight excluding hydrogens is 281 g/mol. The molecular formula is C15H31B2O3P. The first-order valence-electron chi connectivity index (χ1n) is 8.00. The zero-order valence-electron chi connectivity index (χ0n) is 15.5. The fourth-order valence-electron chi connectivity index (χ4n) is 4.13. The third kappa shape index (κ3) is 2.00. The maximum absolute atomic E-state index is 6.72. The van der Waals surface area contributed by atoms with Gasteiger partial charge >= 0.3 is 0 Å². The van der Waals surface area contributed by atoms with Crippen LogP contribution in [0.2, 0.25) is 0 Å². The van der Waals surface area contributed by atoms with Crippen molar-refractivity contribution in [3.63, 3.8) is 0 Å². The maximum Gasteiger partial charge on any atom is 0.124 e. The van der Waals surface area contributed by atoms with Crippen LogP contribution in [0.1, 0.15) is 55.4 Å². The molecule has 3 nitrogen and oxygen atoms in total. The molecule has 2 unspecified atom stereocenters. The van der Waals surface area contributed by atoms with E-state index in [4.69, 9.17) is 13.8 Å². The molecule has 0 radical (unpaired) electrons. The van der Waals surface area contributed by atoms with Crippen molar-refractivity contribution < 1.29 is 13.8 Å². The van der Waals surface area contributed by atoms with Crippen molar-refractivity contribution in [2.45, 2.75) is 77.8 Å². The number of hydrogen-bond acceptors (Lipinski definition) is 3. The molecule has 0 bridgehead atoms. The van der Waals surface area contributed by atoms with E-state index in [2.05, 4.69) is 75.5 Å². The maximum atomic E-state index is 6.72. The average Bonchev–Trinajstić information content (AvgIpc) is 2.33. The van der Waals surface area contributed by atoms with Crippen LogP contribution in [-0.2, 0) is 13.8 Å². The van der Waals surface area contributed by atoms with Gasteiger partial charge in [-0.05, 0) is 41.5 Å². The van der Waals surface area contributed by atoms with E-state index in [-0.39, 0.29) is 11.0 Å². The summed E-state index contributed by atoms with van der Waals surface area (Å²) in [6.07, 6.45) is 0. The molecule has 2 heterocycles. The van der Waals surface area contributed by atoms with Crippen molar-refractivity contribution in [1.82, 2.24) is 0 Å². The van der Waals surface area contributed by atoms with E-state index in [1.807, 2.05) is 0 Å². The molecule has 3 atom stereocenters. The number of rotatable bonds is 1. The number of hydrogen-bond donors (Lipinski definition) is 0. The molecule has 0 aliphatic carbocycles. The van der Waals surface area contributed by atoms with Gasteiger partial charge in [0.2, 0.25) is 0 Å². The highest BCUT2D eigenvalue weighted by Gasteiger charge is 2.76. The second-order valence-electron chi connectivity index (χ2n) is 8.50. The topological polar surface area (TPSA) is 27.7 Å². The highest BCUT2D eigenvalue weighted by Crippen LogP contribution is 2.72. The van der Waals surface area contributed by atoms with Crippen LogP contribution < -0.4 is 0 Å². The predicted molar refractivity (Wildman–Crippen MR) is 96.6 cm³/mol. The molecule has 0 aromatic rings. The van der Waals surface area contributed by atoms with Crippen molar-refractivity contribution in [3.05, 3.63) is 0 Å². The van der Waals surface area contributed by atoms with Gasteiger partial charge in [-0.15, -0.1) is 0 Å². The van der Waals surface area contributed by atoms with Crippen LogP contribution in [-0.4, -0.2) is 49.7 Å². The summed E-state index contributed by atoms with van der Waals surface area (Å²) in [5.41, 5.74) is 0.519. The summed E-state index contributed by atoms with van der Waals surface area (Å²) in [7, 11) is 1.09. The first kappa shape index (κ1) is 17.7. The fourth-order valence-corrected chi connectivity index (χ4v) is 7.19. The summed E-state index contributed by atoms with van der Waals surface area (Å²) >= 11 is 0. The molecule has 2 fully saturated rings. The Kier molecular flexibility index (Phi) is 3.73. The van der Waals surface area contributed by atoms with Gasteiger partial charge in [-0.1, -0.05) is 19.5 Å². The van der Waals surface area contributed by atoms with Crippen LogP contribution in [0.4, 0.5) is 0 Å². The highest BCUT2D eigenvalue weighted by atomic mass is 31.2. The highest BCUT2D eigenvalue weighted by molar-refractivity contribution is 7.69. The van der Waals surface area contributed by atoms with Crippen molar-refractivity contribution in [2.24, 2.45) is 5.41 Å². The van der Waals surface area contributed by atoms with Crippen molar-refractivity contribution in [2.75, 3.05) is 6.66 Å². The second kappa shape index (κ2) is 4.44. The molecule has 0 saturated carbocycles. The Bertz CT molecular complexity index is 515. The molecule has 2 saturated heterocycles. The Morgan fingerprint density at radius 2 is 1.38 bits per heavy atom. The Morgan fingerprint density at radius 3 is 1.86 bits per heavy atom. The molecule has 2 aliphatic rings. The zero-order chi connectivity index (χ0) is 16.5. The number of fused-ring (bicyclic) bond motifs is 1. The quantitative estimate of drug-likeness (QED) is 0.550. The normalized spacial score (nSPS) is 46.7. The predicted octanol–water partition coefficient (Wildman–Crippen LogP) is 2.39. The van der Waals surface area contributed by atoms with E-state index in [0.29, 0.717) is 0 Å². The Balaban J connectivity index is 2.70. The van der Waals surface area contributed by atoms with Crippen molar-refractivity contribution >= 4 is 27.9 Å². The van der Waals surface area contributed by atoms with E-state index in [9.17, 15) is 0 Å². The van der Waals surface area contributed by atoms with Crippen LogP contribution in [0.15, 0.2) is 0 Å². The van der Waals surface area contributed by atoms with Gasteiger partial charge in [0.1, 0.15) is 31.3 Å². The lowest BCUT2D eigenvalue weighted by Crippen LogP contribution is -2.68. The molecule has 21 heavy (non-hydrogen) atoms. The summed E-state index contributed by atoms with van der Waals surface area (Å²) in [4.78, 5) is 0. The van der Waals surface area contributed by atoms with E-state index in [1.165, 1.54) is 0 Å². The van der Waals surface area contributed by atoms with E-state index in [0.717, 1.165) is 7.17 Å². The van der Waals surface area contributed by atoms with Gasteiger partial charge in [0.15, 0.2) is 0 Å². The zero-order valence-corrected chi connectivity index (χ0v) is 16.4. The smallest absolute Gasteiger partial charge is 0.124 e. The first-order valence-corrected chi connectivity index (χ1v) is 10.1. The van der Waals surface area contributed by atoms with Crippen LogP contribution in [0, 0.1) is 5.41 Å². The number of ether oxygens (including phenoxy) is 1. The van der Waals surface area contributed by atoms with Crippen LogP contribution in [0.3, 0.4) is 0 Å². The lowest BCUT2D eigenvalue weighted by molar-refractivity contribution is -0.228. The minimum Gasteiger partial charge on any atom is -0.363 e. The van der Waals surface area contributed by atoms with Crippen LogP contribution in [0.5, 0.6) is 0 Å². The third-order valence-electron chi connectivity index (χ3n) is 6.50. The summed E-state index contributed by atoms with van der Waals surface area (Å²) in [6.45, 7) is 19.6. The van der Waals surface area contributed by atoms with Gasteiger partial charge in [-0.25, -0.2) is 0 Å². The Morgan fingerprint density at radius 1 is 0.857 bits per heavy atom. The monoisotopic (exact) mass is 312 g/mol. The standard InChI is InChI=1S/C15H31B2O3P/c1-11(2)12(3,4)18-15(8)13(5,6)19-21(9,10-17-16)20-14(11,15)7/h10,17H,16H2,1-9H3/t14?,15-,21?/m1/s1. The summed E-state index contributed by atoms with van der Waals surface area (Å²) in [5, 5.41) is 0. The van der Waals surface area contributed by atoms with Gasteiger partial charge in [0, 0.05) is 12.1 Å². The lowest BCUT2D eigenvalue weighted by atomic mass is 9.58. The molecule has 0 spiro atoms. The summed E-state index contributed by atoms with van der Waals surface area (Å²) < 4.78 is 19.8. The third-order valence-corrected chi connectivity index (χ3v) is 9.08. The first-order chi connectivity index (χ1) is 9.18.